The van der Waals surface area contributed by atoms with Gasteiger partial charge in [0.15, 0.2) is 4.87 Å². The number of hydrogen-bond donors (Lipinski definition) is 2. The van der Waals surface area contributed by atoms with Crippen LogP contribution in [0.1, 0.15) is 5.56 Å². The molecule has 21 heavy (non-hydrogen) atoms. The van der Waals surface area contributed by atoms with E-state index >= 15 is 0 Å². The van der Waals surface area contributed by atoms with E-state index in [4.69, 9.17) is 5.73 Å². The van der Waals surface area contributed by atoms with Crippen molar-refractivity contribution in [2.45, 2.75) is 9.77 Å². The fraction of sp³-hybridized carbons (Fsp3) is 0.0714. The Morgan fingerprint density at radius 2 is 1.71 bits per heavy atom. The molecule has 0 amide bonds. The van der Waals surface area contributed by atoms with E-state index in [1.54, 1.807) is 36.4 Å². The second kappa shape index (κ2) is 5.94. The summed E-state index contributed by atoms with van der Waals surface area (Å²) in [6.07, 6.45) is 0. The first-order valence-corrected chi connectivity index (χ1v) is 6.77. The van der Waals surface area contributed by atoms with Crippen molar-refractivity contribution in [3.05, 3.63) is 70.3 Å². The molecule has 108 valence electrons. The first-order valence-electron chi connectivity index (χ1n) is 5.95. The molecule has 0 spiro atoms. The van der Waals surface area contributed by atoms with Crippen molar-refractivity contribution >= 4 is 23.4 Å². The third kappa shape index (κ3) is 3.04. The molecular formula is C14H12N2O4S. The van der Waals surface area contributed by atoms with Gasteiger partial charge in [-0.3, -0.25) is 10.1 Å². The zero-order valence-corrected chi connectivity index (χ0v) is 11.6. The van der Waals surface area contributed by atoms with E-state index in [1.807, 2.05) is 0 Å². The van der Waals surface area contributed by atoms with E-state index in [-0.39, 0.29) is 10.6 Å². The number of carboxylic acids is 1. The first-order chi connectivity index (χ1) is 9.95. The summed E-state index contributed by atoms with van der Waals surface area (Å²) in [4.78, 5) is 20.5. The number of para-hydroxylation sites is 1. The molecule has 6 nitrogen and oxygen atoms in total. The second-order valence-electron chi connectivity index (χ2n) is 4.23. The smallest absolute Gasteiger partial charge is 0.339 e. The fourth-order valence-corrected chi connectivity index (χ4v) is 2.86. The van der Waals surface area contributed by atoms with Crippen molar-refractivity contribution in [1.82, 2.24) is 0 Å². The predicted molar refractivity (Wildman–Crippen MR) is 78.9 cm³/mol. The number of rotatable bonds is 5. The number of nitrogens with two attached hydrogens (primary N) is 1. The summed E-state index contributed by atoms with van der Waals surface area (Å²) in [5.41, 5.74) is 6.19. The highest BCUT2D eigenvalue weighted by molar-refractivity contribution is 8.01. The van der Waals surface area contributed by atoms with E-state index in [9.17, 15) is 20.0 Å². The number of nitro benzene ring substituents is 1. The molecule has 0 aliphatic heterocycles. The van der Waals surface area contributed by atoms with Crippen molar-refractivity contribution in [2.75, 3.05) is 0 Å². The van der Waals surface area contributed by atoms with Crippen molar-refractivity contribution in [3.63, 3.8) is 0 Å². The van der Waals surface area contributed by atoms with E-state index in [1.165, 1.54) is 18.2 Å². The van der Waals surface area contributed by atoms with Crippen LogP contribution in [0.5, 0.6) is 0 Å². The highest BCUT2D eigenvalue weighted by Gasteiger charge is 2.39. The van der Waals surface area contributed by atoms with Crippen molar-refractivity contribution < 1.29 is 14.8 Å². The molecule has 2 aromatic rings. The molecule has 1 atom stereocenters. The molecule has 2 rings (SSSR count). The minimum atomic E-state index is -1.80. The van der Waals surface area contributed by atoms with Crippen LogP contribution in [0, 0.1) is 10.1 Å². The van der Waals surface area contributed by atoms with Crippen LogP contribution >= 0.6 is 11.8 Å². The second-order valence-corrected chi connectivity index (χ2v) is 5.52. The van der Waals surface area contributed by atoms with Gasteiger partial charge in [-0.25, -0.2) is 4.79 Å². The average Bonchev–Trinajstić information content (AvgIpc) is 2.48. The van der Waals surface area contributed by atoms with Crippen LogP contribution in [-0.2, 0) is 9.67 Å². The third-order valence-corrected chi connectivity index (χ3v) is 4.15. The van der Waals surface area contributed by atoms with Gasteiger partial charge in [0, 0.05) is 6.07 Å². The summed E-state index contributed by atoms with van der Waals surface area (Å²) in [5, 5.41) is 20.5. The molecule has 0 heterocycles. The van der Waals surface area contributed by atoms with Gasteiger partial charge in [-0.05, 0) is 11.6 Å². The number of nitro groups is 1. The Bertz CT molecular complexity index is 678. The summed E-state index contributed by atoms with van der Waals surface area (Å²) in [6, 6.07) is 14.1. The van der Waals surface area contributed by atoms with Gasteiger partial charge in [0.25, 0.3) is 5.69 Å². The fourth-order valence-electron chi connectivity index (χ4n) is 1.78. The Labute approximate surface area is 124 Å². The number of carboxylic acid groups (broad SMARTS) is 1. The lowest BCUT2D eigenvalue weighted by Gasteiger charge is -2.24. The number of hydrogen-bond acceptors (Lipinski definition) is 5. The van der Waals surface area contributed by atoms with Gasteiger partial charge in [-0.2, -0.15) is 0 Å². The average molecular weight is 304 g/mol. The standard InChI is InChI=1S/C14H12N2O4S/c15-14(13(17)18,10-6-2-1-3-7-10)21-12-9-5-4-8-11(12)16(19)20/h1-9H,15H2,(H,17,18). The minimum absolute atomic E-state index is 0.172. The topological polar surface area (TPSA) is 106 Å². The van der Waals surface area contributed by atoms with E-state index in [0.29, 0.717) is 5.56 Å². The highest BCUT2D eigenvalue weighted by Crippen LogP contribution is 2.41. The van der Waals surface area contributed by atoms with Crippen molar-refractivity contribution in [1.29, 1.82) is 0 Å². The van der Waals surface area contributed by atoms with Gasteiger partial charge < -0.3 is 10.8 Å². The van der Waals surface area contributed by atoms with Gasteiger partial charge in [-0.1, -0.05) is 54.2 Å². The van der Waals surface area contributed by atoms with Crippen molar-refractivity contribution in [3.8, 4) is 0 Å². The molecule has 0 saturated carbocycles. The van der Waals surface area contributed by atoms with Crippen LogP contribution in [0.25, 0.3) is 0 Å². The Hall–Kier alpha value is -2.38. The summed E-state index contributed by atoms with van der Waals surface area (Å²) in [5.74, 6) is -1.27. The van der Waals surface area contributed by atoms with Crippen LogP contribution in [0.15, 0.2) is 59.5 Å². The highest BCUT2D eigenvalue weighted by atomic mass is 32.2. The molecule has 0 saturated heterocycles. The molecule has 2 aromatic carbocycles. The first kappa shape index (κ1) is 15.0. The third-order valence-electron chi connectivity index (χ3n) is 2.85. The monoisotopic (exact) mass is 304 g/mol. The molecular weight excluding hydrogens is 292 g/mol. The number of nitrogens with zero attached hydrogens (tertiary/aromatic N) is 1. The Morgan fingerprint density at radius 1 is 1.14 bits per heavy atom. The van der Waals surface area contributed by atoms with Crippen LogP contribution in [0.2, 0.25) is 0 Å². The summed E-state index contributed by atoms with van der Waals surface area (Å²) < 4.78 is 0. The maximum atomic E-state index is 11.6. The molecule has 0 aromatic heterocycles. The number of carbonyl (C=O) groups is 1. The SMILES string of the molecule is NC(Sc1ccccc1[N+](=O)[O-])(C(=O)O)c1ccccc1. The minimum Gasteiger partial charge on any atom is -0.479 e. The summed E-state index contributed by atoms with van der Waals surface area (Å²) in [6.45, 7) is 0. The van der Waals surface area contributed by atoms with E-state index in [0.717, 1.165) is 11.8 Å². The Kier molecular flexibility index (Phi) is 4.25. The van der Waals surface area contributed by atoms with E-state index < -0.39 is 15.8 Å². The van der Waals surface area contributed by atoms with Crippen LogP contribution in [0.3, 0.4) is 0 Å². The maximum absolute atomic E-state index is 11.6. The quantitative estimate of drug-likeness (QED) is 0.380. The van der Waals surface area contributed by atoms with Gasteiger partial charge in [-0.15, -0.1) is 0 Å². The lowest BCUT2D eigenvalue weighted by molar-refractivity contribution is -0.387. The lowest BCUT2D eigenvalue weighted by Crippen LogP contribution is -2.41. The summed E-state index contributed by atoms with van der Waals surface area (Å²) >= 11 is 0.744. The molecule has 1 unspecified atom stereocenters. The largest absolute Gasteiger partial charge is 0.479 e. The predicted octanol–water partition coefficient (Wildman–Crippen LogP) is 2.58. The van der Waals surface area contributed by atoms with Gasteiger partial charge in [0.05, 0.1) is 9.82 Å². The van der Waals surface area contributed by atoms with Crippen LogP contribution in [0.4, 0.5) is 5.69 Å². The Balaban J connectivity index is 2.48. The van der Waals surface area contributed by atoms with Crippen LogP contribution in [-0.4, -0.2) is 16.0 Å². The molecule has 0 bridgehead atoms. The zero-order valence-electron chi connectivity index (χ0n) is 10.8. The summed E-state index contributed by atoms with van der Waals surface area (Å²) in [7, 11) is 0. The molecule has 0 aliphatic rings. The number of aliphatic carboxylic acids is 1. The normalized spacial score (nSPS) is 13.4. The van der Waals surface area contributed by atoms with Crippen molar-refractivity contribution in [2.24, 2.45) is 5.73 Å². The van der Waals surface area contributed by atoms with E-state index in [2.05, 4.69) is 0 Å². The molecule has 3 N–H and O–H groups in total. The lowest BCUT2D eigenvalue weighted by atomic mass is 10.1. The maximum Gasteiger partial charge on any atom is 0.339 e. The molecule has 0 aliphatic carbocycles. The molecule has 0 radical (unpaired) electrons. The van der Waals surface area contributed by atoms with Gasteiger partial charge >= 0.3 is 5.97 Å². The molecule has 7 heteroatoms. The zero-order chi connectivity index (χ0) is 15.5. The Morgan fingerprint density at radius 3 is 2.29 bits per heavy atom. The molecule has 0 fully saturated rings. The number of benzene rings is 2. The van der Waals surface area contributed by atoms with Gasteiger partial charge in [0.1, 0.15) is 0 Å². The van der Waals surface area contributed by atoms with Gasteiger partial charge in [0.2, 0.25) is 0 Å². The van der Waals surface area contributed by atoms with Crippen LogP contribution < -0.4 is 5.73 Å². The number of thioether (sulfide) groups is 1.